The number of rotatable bonds is 5. The maximum Gasteiger partial charge on any atom is 0.278 e. The van der Waals surface area contributed by atoms with Gasteiger partial charge in [0.05, 0.1) is 19.2 Å². The van der Waals surface area contributed by atoms with Crippen molar-refractivity contribution in [1.29, 1.82) is 0 Å². The van der Waals surface area contributed by atoms with Gasteiger partial charge in [-0.15, -0.1) is 0 Å². The Balaban J connectivity index is 1.69. The molecular weight excluding hydrogens is 352 g/mol. The number of hydrogen-bond acceptors (Lipinski definition) is 4. The number of ether oxygens (including phenoxy) is 1. The average molecular weight is 376 g/mol. The van der Waals surface area contributed by atoms with Crippen molar-refractivity contribution in [2.45, 2.75) is 26.3 Å². The van der Waals surface area contributed by atoms with Crippen molar-refractivity contribution in [3.05, 3.63) is 70.9 Å². The minimum Gasteiger partial charge on any atom is -0.497 e. The van der Waals surface area contributed by atoms with E-state index in [9.17, 15) is 9.59 Å². The molecule has 4 rings (SSSR count). The van der Waals surface area contributed by atoms with Crippen molar-refractivity contribution in [3.63, 3.8) is 0 Å². The average Bonchev–Trinajstić information content (AvgIpc) is 3.32. The summed E-state index contributed by atoms with van der Waals surface area (Å²) in [7, 11) is 1.61. The number of hydrogen-bond donors (Lipinski definition) is 0. The Morgan fingerprint density at radius 3 is 2.14 bits per heavy atom. The van der Waals surface area contributed by atoms with Gasteiger partial charge >= 0.3 is 0 Å². The van der Waals surface area contributed by atoms with Crippen LogP contribution in [0.5, 0.6) is 5.75 Å². The van der Waals surface area contributed by atoms with Gasteiger partial charge in [-0.25, -0.2) is 0 Å². The molecule has 2 aliphatic rings. The molecule has 0 bridgehead atoms. The minimum atomic E-state index is -0.216. The first kappa shape index (κ1) is 18.3. The van der Waals surface area contributed by atoms with Gasteiger partial charge in [-0.1, -0.05) is 42.0 Å². The summed E-state index contributed by atoms with van der Waals surface area (Å²) in [5, 5.41) is 0. The first-order valence-electron chi connectivity index (χ1n) is 9.64. The van der Waals surface area contributed by atoms with Crippen LogP contribution in [0.25, 0.3) is 5.57 Å². The molecule has 1 fully saturated rings. The van der Waals surface area contributed by atoms with E-state index in [1.165, 1.54) is 4.90 Å². The zero-order chi connectivity index (χ0) is 19.7. The van der Waals surface area contributed by atoms with E-state index in [2.05, 4.69) is 4.90 Å². The Morgan fingerprint density at radius 2 is 1.54 bits per heavy atom. The van der Waals surface area contributed by atoms with Gasteiger partial charge in [-0.3, -0.25) is 14.5 Å². The van der Waals surface area contributed by atoms with Crippen LogP contribution >= 0.6 is 0 Å². The van der Waals surface area contributed by atoms with Gasteiger partial charge < -0.3 is 9.64 Å². The maximum atomic E-state index is 13.3. The highest BCUT2D eigenvalue weighted by molar-refractivity contribution is 6.35. The molecule has 5 heteroatoms. The molecule has 0 N–H and O–H groups in total. The summed E-state index contributed by atoms with van der Waals surface area (Å²) in [5.41, 5.74) is 3.91. The molecule has 0 aromatic heterocycles. The largest absolute Gasteiger partial charge is 0.497 e. The van der Waals surface area contributed by atoms with Gasteiger partial charge in [-0.05, 0) is 43.0 Å². The van der Waals surface area contributed by atoms with E-state index in [4.69, 9.17) is 4.74 Å². The number of nitrogens with zero attached hydrogens (tertiary/aromatic N) is 2. The lowest BCUT2D eigenvalue weighted by Crippen LogP contribution is -2.34. The molecule has 2 aromatic carbocycles. The molecular formula is C23H24N2O3. The summed E-state index contributed by atoms with van der Waals surface area (Å²) in [6, 6.07) is 15.3. The number of carbonyl (C=O) groups excluding carboxylic acids is 2. The van der Waals surface area contributed by atoms with Gasteiger partial charge in [0.1, 0.15) is 11.4 Å². The Labute approximate surface area is 165 Å². The van der Waals surface area contributed by atoms with E-state index in [0.29, 0.717) is 11.3 Å². The van der Waals surface area contributed by atoms with Crippen LogP contribution in [-0.2, 0) is 16.1 Å². The van der Waals surface area contributed by atoms with Crippen molar-refractivity contribution in [2.75, 3.05) is 20.2 Å². The third-order valence-corrected chi connectivity index (χ3v) is 5.41. The molecule has 2 heterocycles. The fourth-order valence-electron chi connectivity index (χ4n) is 3.83. The maximum absolute atomic E-state index is 13.3. The van der Waals surface area contributed by atoms with Crippen LogP contribution in [0.15, 0.2) is 54.2 Å². The molecule has 0 spiro atoms. The van der Waals surface area contributed by atoms with E-state index in [1.54, 1.807) is 7.11 Å². The van der Waals surface area contributed by atoms with Crippen molar-refractivity contribution >= 4 is 17.4 Å². The second-order valence-electron chi connectivity index (χ2n) is 7.33. The quantitative estimate of drug-likeness (QED) is 0.751. The minimum absolute atomic E-state index is 0.196. The van der Waals surface area contributed by atoms with E-state index in [0.717, 1.165) is 48.4 Å². The summed E-state index contributed by atoms with van der Waals surface area (Å²) in [5.74, 6) is 0.337. The summed E-state index contributed by atoms with van der Waals surface area (Å²) >= 11 is 0. The monoisotopic (exact) mass is 376 g/mol. The number of carbonyl (C=O) groups is 2. The molecule has 0 unspecified atom stereocenters. The predicted molar refractivity (Wildman–Crippen MR) is 107 cm³/mol. The molecule has 28 heavy (non-hydrogen) atoms. The Morgan fingerprint density at radius 1 is 0.893 bits per heavy atom. The summed E-state index contributed by atoms with van der Waals surface area (Å²) in [4.78, 5) is 30.0. The van der Waals surface area contributed by atoms with Crippen LogP contribution in [0.1, 0.15) is 29.5 Å². The van der Waals surface area contributed by atoms with Gasteiger partial charge in [0.25, 0.3) is 11.8 Å². The van der Waals surface area contributed by atoms with Crippen LogP contribution < -0.4 is 4.74 Å². The molecule has 1 saturated heterocycles. The molecule has 0 aliphatic carbocycles. The second kappa shape index (κ2) is 7.50. The third-order valence-electron chi connectivity index (χ3n) is 5.41. The first-order chi connectivity index (χ1) is 13.6. The first-order valence-corrected chi connectivity index (χ1v) is 9.64. The number of likely N-dealkylation sites (tertiary alicyclic amines) is 1. The number of methoxy groups -OCH3 is 1. The van der Waals surface area contributed by atoms with Gasteiger partial charge in [0, 0.05) is 13.1 Å². The smallest absolute Gasteiger partial charge is 0.278 e. The summed E-state index contributed by atoms with van der Waals surface area (Å²) < 4.78 is 5.19. The van der Waals surface area contributed by atoms with Gasteiger partial charge in [0.15, 0.2) is 0 Å². The van der Waals surface area contributed by atoms with E-state index in [-0.39, 0.29) is 18.4 Å². The van der Waals surface area contributed by atoms with Gasteiger partial charge in [0.2, 0.25) is 0 Å². The van der Waals surface area contributed by atoms with Gasteiger partial charge in [-0.2, -0.15) is 0 Å². The van der Waals surface area contributed by atoms with Crippen molar-refractivity contribution in [1.82, 2.24) is 9.80 Å². The lowest BCUT2D eigenvalue weighted by molar-refractivity contribution is -0.138. The van der Waals surface area contributed by atoms with E-state index in [1.807, 2.05) is 55.5 Å². The Hall–Kier alpha value is -3.08. The summed E-state index contributed by atoms with van der Waals surface area (Å²) in [6.07, 6.45) is 2.09. The second-order valence-corrected chi connectivity index (χ2v) is 7.33. The summed E-state index contributed by atoms with van der Waals surface area (Å²) in [6.45, 7) is 3.91. The number of amides is 2. The molecule has 2 aromatic rings. The van der Waals surface area contributed by atoms with Crippen LogP contribution in [0.3, 0.4) is 0 Å². The molecule has 2 amide bonds. The number of benzene rings is 2. The molecule has 144 valence electrons. The number of imide groups is 1. The lowest BCUT2D eigenvalue weighted by atomic mass is 10.0. The van der Waals surface area contributed by atoms with Crippen molar-refractivity contribution in [3.8, 4) is 5.75 Å². The van der Waals surface area contributed by atoms with Crippen LogP contribution in [-0.4, -0.2) is 41.8 Å². The van der Waals surface area contributed by atoms with Crippen LogP contribution in [0.2, 0.25) is 0 Å². The molecule has 5 nitrogen and oxygen atoms in total. The Bertz CT molecular complexity index is 923. The van der Waals surface area contributed by atoms with Crippen LogP contribution in [0, 0.1) is 6.92 Å². The molecule has 0 radical (unpaired) electrons. The molecule has 0 saturated carbocycles. The SMILES string of the molecule is COc1ccc(CN2C(=O)C(c3ccc(C)cc3)=C(N3CCCC3)C2=O)cc1. The molecule has 0 atom stereocenters. The van der Waals surface area contributed by atoms with Crippen molar-refractivity contribution in [2.24, 2.45) is 0 Å². The predicted octanol–water partition coefficient (Wildman–Crippen LogP) is 3.38. The van der Waals surface area contributed by atoms with Crippen molar-refractivity contribution < 1.29 is 14.3 Å². The fraction of sp³-hybridized carbons (Fsp3) is 0.304. The van der Waals surface area contributed by atoms with Crippen LogP contribution in [0.4, 0.5) is 0 Å². The third kappa shape index (κ3) is 3.28. The topological polar surface area (TPSA) is 49.9 Å². The normalized spacial score (nSPS) is 17.1. The number of aryl methyl sites for hydroxylation is 1. The lowest BCUT2D eigenvalue weighted by Gasteiger charge is -2.20. The highest BCUT2D eigenvalue weighted by Gasteiger charge is 2.41. The van der Waals surface area contributed by atoms with E-state index < -0.39 is 0 Å². The zero-order valence-electron chi connectivity index (χ0n) is 16.3. The standard InChI is InChI=1S/C23H24N2O3/c1-16-5-9-18(10-6-16)20-21(24-13-3-4-14-24)23(27)25(22(20)26)15-17-7-11-19(28-2)12-8-17/h5-12H,3-4,13-15H2,1-2H3. The Kier molecular flexibility index (Phi) is 4.90. The fourth-order valence-corrected chi connectivity index (χ4v) is 3.83. The molecule has 2 aliphatic heterocycles. The highest BCUT2D eigenvalue weighted by Crippen LogP contribution is 2.34. The van der Waals surface area contributed by atoms with E-state index >= 15 is 0 Å². The highest BCUT2D eigenvalue weighted by atomic mass is 16.5. The zero-order valence-corrected chi connectivity index (χ0v) is 16.3.